The SMILES string of the molecule is CC(C)CSc1ccc(S(F)(F)(F)(F)F)cc1. The Balaban J connectivity index is 2.91. The smallest absolute Gasteiger partial charge is 0.126 e. The molecular weight excluding hydrogens is 279 g/mol. The average Bonchev–Trinajstić information content (AvgIpc) is 2.12. The lowest BCUT2D eigenvalue weighted by molar-refractivity contribution is 0.364. The molecule has 0 aromatic heterocycles. The summed E-state index contributed by atoms with van der Waals surface area (Å²) >= 11 is 1.35. The van der Waals surface area contributed by atoms with Gasteiger partial charge in [0.1, 0.15) is 4.90 Å². The average molecular weight is 292 g/mol. The van der Waals surface area contributed by atoms with Crippen LogP contribution in [0.25, 0.3) is 0 Å². The van der Waals surface area contributed by atoms with E-state index in [9.17, 15) is 19.4 Å². The second-order valence-electron chi connectivity index (χ2n) is 4.15. The van der Waals surface area contributed by atoms with Crippen molar-refractivity contribution in [1.29, 1.82) is 0 Å². The Kier molecular flexibility index (Phi) is 3.25. The van der Waals surface area contributed by atoms with Crippen molar-refractivity contribution < 1.29 is 19.4 Å². The molecule has 0 N–H and O–H groups in total. The highest BCUT2D eigenvalue weighted by Crippen LogP contribution is 3.02. The first kappa shape index (κ1) is 14.6. The molecule has 0 atom stereocenters. The van der Waals surface area contributed by atoms with Crippen LogP contribution in [0.2, 0.25) is 0 Å². The number of hydrogen-bond donors (Lipinski definition) is 0. The monoisotopic (exact) mass is 292 g/mol. The third-order valence-electron chi connectivity index (χ3n) is 1.85. The summed E-state index contributed by atoms with van der Waals surface area (Å²) in [6.07, 6.45) is 0. The third-order valence-corrected chi connectivity index (χ3v) is 4.45. The quantitative estimate of drug-likeness (QED) is 0.478. The summed E-state index contributed by atoms with van der Waals surface area (Å²) in [5.74, 6) is 1.12. The predicted molar refractivity (Wildman–Crippen MR) is 63.4 cm³/mol. The molecule has 100 valence electrons. The summed E-state index contributed by atoms with van der Waals surface area (Å²) in [4.78, 5) is -1.27. The van der Waals surface area contributed by atoms with Crippen LogP contribution in [-0.4, -0.2) is 5.75 Å². The minimum Gasteiger partial charge on any atom is -0.126 e. The van der Waals surface area contributed by atoms with Crippen LogP contribution in [0.3, 0.4) is 0 Å². The summed E-state index contributed by atoms with van der Waals surface area (Å²) in [6, 6.07) is 3.06. The zero-order valence-electron chi connectivity index (χ0n) is 9.30. The van der Waals surface area contributed by atoms with Gasteiger partial charge in [-0.05, 0) is 30.2 Å². The van der Waals surface area contributed by atoms with E-state index in [0.29, 0.717) is 22.9 Å². The molecule has 1 aromatic rings. The zero-order chi connectivity index (χ0) is 13.4. The first-order valence-electron chi connectivity index (χ1n) is 4.85. The van der Waals surface area contributed by atoms with E-state index in [1.807, 2.05) is 13.8 Å². The van der Waals surface area contributed by atoms with Crippen molar-refractivity contribution in [3.8, 4) is 0 Å². The van der Waals surface area contributed by atoms with Gasteiger partial charge in [0.15, 0.2) is 0 Å². The zero-order valence-corrected chi connectivity index (χ0v) is 10.9. The molecule has 0 unspecified atom stereocenters. The maximum atomic E-state index is 12.4. The van der Waals surface area contributed by atoms with E-state index in [1.165, 1.54) is 11.8 Å². The van der Waals surface area contributed by atoms with Gasteiger partial charge in [0.25, 0.3) is 0 Å². The second-order valence-corrected chi connectivity index (χ2v) is 7.65. The topological polar surface area (TPSA) is 0 Å². The van der Waals surface area contributed by atoms with Crippen LogP contribution in [0, 0.1) is 5.92 Å². The molecule has 0 nitrogen and oxygen atoms in total. The molecule has 1 rings (SSSR count). The van der Waals surface area contributed by atoms with Crippen LogP contribution >= 0.6 is 22.0 Å². The van der Waals surface area contributed by atoms with Gasteiger partial charge in [-0.1, -0.05) is 33.3 Å². The Bertz CT molecular complexity index is 392. The molecule has 0 saturated carbocycles. The molecule has 1 aromatic carbocycles. The lowest BCUT2D eigenvalue weighted by atomic mass is 10.3. The van der Waals surface area contributed by atoms with Crippen LogP contribution in [0.1, 0.15) is 13.8 Å². The highest BCUT2D eigenvalue weighted by atomic mass is 32.5. The van der Waals surface area contributed by atoms with Gasteiger partial charge >= 0.3 is 10.2 Å². The van der Waals surface area contributed by atoms with E-state index in [0.717, 1.165) is 17.9 Å². The van der Waals surface area contributed by atoms with Crippen molar-refractivity contribution >= 4 is 22.0 Å². The summed E-state index contributed by atoms with van der Waals surface area (Å²) in [7, 11) is -9.51. The second kappa shape index (κ2) is 3.78. The third kappa shape index (κ3) is 4.75. The van der Waals surface area contributed by atoms with Crippen LogP contribution in [0.4, 0.5) is 19.4 Å². The molecule has 17 heavy (non-hydrogen) atoms. The number of rotatable bonds is 4. The summed E-state index contributed by atoms with van der Waals surface area (Å²) < 4.78 is 61.9. The largest absolute Gasteiger partial charge is 0.310 e. The fourth-order valence-electron chi connectivity index (χ4n) is 1.06. The van der Waals surface area contributed by atoms with Crippen molar-refractivity contribution in [1.82, 2.24) is 0 Å². The van der Waals surface area contributed by atoms with Crippen LogP contribution < -0.4 is 0 Å². The van der Waals surface area contributed by atoms with Gasteiger partial charge in [0.05, 0.1) is 0 Å². The molecule has 7 heteroatoms. The first-order chi connectivity index (χ1) is 7.38. The molecule has 0 radical (unpaired) electrons. The van der Waals surface area contributed by atoms with Gasteiger partial charge in [0, 0.05) is 10.6 Å². The first-order valence-corrected chi connectivity index (χ1v) is 7.79. The van der Waals surface area contributed by atoms with Gasteiger partial charge in [-0.2, -0.15) is 0 Å². The molecule has 0 aliphatic heterocycles. The number of hydrogen-bond acceptors (Lipinski definition) is 1. The fourth-order valence-corrected chi connectivity index (χ4v) is 2.56. The van der Waals surface area contributed by atoms with Crippen molar-refractivity contribution in [3.05, 3.63) is 24.3 Å². The molecule has 0 aliphatic rings. The molecule has 0 aliphatic carbocycles. The van der Waals surface area contributed by atoms with E-state index in [4.69, 9.17) is 0 Å². The number of halogens is 5. The van der Waals surface area contributed by atoms with E-state index in [2.05, 4.69) is 0 Å². The van der Waals surface area contributed by atoms with Crippen LogP contribution in [-0.2, 0) is 0 Å². The normalized spacial score (nSPS) is 16.7. The summed E-state index contributed by atoms with van der Waals surface area (Å²) in [6.45, 7) is 3.94. The summed E-state index contributed by atoms with van der Waals surface area (Å²) in [5.41, 5.74) is 0. The Morgan fingerprint density at radius 1 is 1.00 bits per heavy atom. The molecular formula is C10H13F5S2. The molecule has 0 heterocycles. The lowest BCUT2D eigenvalue weighted by Gasteiger charge is -2.40. The Labute approximate surface area is 101 Å². The van der Waals surface area contributed by atoms with Gasteiger partial charge in [-0.25, -0.2) is 0 Å². The lowest BCUT2D eigenvalue weighted by Crippen LogP contribution is -2.05. The van der Waals surface area contributed by atoms with E-state index < -0.39 is 15.1 Å². The Morgan fingerprint density at radius 2 is 1.47 bits per heavy atom. The molecule has 0 spiro atoms. The van der Waals surface area contributed by atoms with Gasteiger partial charge < -0.3 is 0 Å². The van der Waals surface area contributed by atoms with E-state index >= 15 is 0 Å². The van der Waals surface area contributed by atoms with Crippen LogP contribution in [0.5, 0.6) is 0 Å². The van der Waals surface area contributed by atoms with E-state index in [-0.39, 0.29) is 0 Å². The van der Waals surface area contributed by atoms with Crippen molar-refractivity contribution in [3.63, 3.8) is 0 Å². The van der Waals surface area contributed by atoms with Gasteiger partial charge in [-0.3, -0.25) is 0 Å². The van der Waals surface area contributed by atoms with Crippen molar-refractivity contribution in [2.24, 2.45) is 5.92 Å². The molecule has 0 fully saturated rings. The molecule has 0 amide bonds. The molecule has 0 bridgehead atoms. The molecule has 0 saturated heterocycles. The highest BCUT2D eigenvalue weighted by molar-refractivity contribution is 8.45. The van der Waals surface area contributed by atoms with Crippen molar-refractivity contribution in [2.75, 3.05) is 5.75 Å². The van der Waals surface area contributed by atoms with E-state index in [1.54, 1.807) is 0 Å². The van der Waals surface area contributed by atoms with Crippen LogP contribution in [0.15, 0.2) is 34.1 Å². The highest BCUT2D eigenvalue weighted by Gasteiger charge is 2.65. The number of benzene rings is 1. The van der Waals surface area contributed by atoms with Crippen molar-refractivity contribution in [2.45, 2.75) is 23.6 Å². The minimum absolute atomic E-state index is 0.385. The number of thioether (sulfide) groups is 1. The maximum Gasteiger partial charge on any atom is 0.310 e. The Hall–Kier alpha value is -0.430. The summed E-state index contributed by atoms with van der Waals surface area (Å²) in [5, 5.41) is 0. The van der Waals surface area contributed by atoms with Gasteiger partial charge in [-0.15, -0.1) is 11.8 Å². The Morgan fingerprint density at radius 3 is 1.82 bits per heavy atom. The predicted octanol–water partition coefficient (Wildman–Crippen LogP) is 6.09. The minimum atomic E-state index is -9.51. The standard InChI is InChI=1S/C10H13F5S2/c1-8(2)7-16-9-3-5-10(6-4-9)17(11,12,13,14)15/h3-6,8H,7H2,1-2H3. The maximum absolute atomic E-state index is 12.4. The van der Waals surface area contributed by atoms with Gasteiger partial charge in [0.2, 0.25) is 0 Å². The fraction of sp³-hybridized carbons (Fsp3) is 0.400.